The number of anilines is 1. The van der Waals surface area contributed by atoms with Crippen LogP contribution >= 0.6 is 11.3 Å². The van der Waals surface area contributed by atoms with Gasteiger partial charge >= 0.3 is 0 Å². The number of thiazole rings is 1. The Morgan fingerprint density at radius 2 is 1.61 bits per heavy atom. The zero-order valence-corrected chi connectivity index (χ0v) is 17.6. The largest absolute Gasteiger partial charge is 0.339 e. The van der Waals surface area contributed by atoms with Gasteiger partial charge in [-0.1, -0.05) is 29.0 Å². The van der Waals surface area contributed by atoms with E-state index in [0.29, 0.717) is 36.8 Å². The Kier molecular flexibility index (Phi) is 5.71. The molecule has 1 aliphatic heterocycles. The van der Waals surface area contributed by atoms with Crippen molar-refractivity contribution in [3.8, 4) is 0 Å². The van der Waals surface area contributed by atoms with E-state index in [1.54, 1.807) is 28.9 Å². The number of hydrogen-bond acceptors (Lipinski definition) is 6. The number of aryl methyl sites for hydroxylation is 2. The van der Waals surface area contributed by atoms with Crippen molar-refractivity contribution in [2.24, 2.45) is 0 Å². The molecule has 1 aromatic heterocycles. The molecule has 0 aliphatic carbocycles. The van der Waals surface area contributed by atoms with Gasteiger partial charge in [0.2, 0.25) is 5.91 Å². The van der Waals surface area contributed by atoms with E-state index >= 15 is 0 Å². The average Bonchev–Trinajstić information content (AvgIpc) is 3.01. The number of nitrogens with one attached hydrogen (secondary N) is 1. The third-order valence-electron chi connectivity index (χ3n) is 4.56. The van der Waals surface area contributed by atoms with E-state index in [9.17, 15) is 18.0 Å². The molecular weight excluding hydrogens is 400 g/mol. The van der Waals surface area contributed by atoms with Crippen LogP contribution in [0.15, 0.2) is 29.2 Å². The second kappa shape index (κ2) is 7.88. The van der Waals surface area contributed by atoms with Gasteiger partial charge in [0.15, 0.2) is 5.13 Å². The van der Waals surface area contributed by atoms with E-state index in [4.69, 9.17) is 0 Å². The van der Waals surface area contributed by atoms with E-state index in [0.717, 1.165) is 16.9 Å². The summed E-state index contributed by atoms with van der Waals surface area (Å²) in [6.45, 7) is 6.94. The number of benzene rings is 1. The second-order valence-corrected chi connectivity index (χ2v) is 9.33. The summed E-state index contributed by atoms with van der Waals surface area (Å²) in [5.41, 5.74) is 1.44. The first kappa shape index (κ1) is 20.3. The fourth-order valence-electron chi connectivity index (χ4n) is 2.90. The van der Waals surface area contributed by atoms with E-state index in [-0.39, 0.29) is 21.8 Å². The molecule has 2 aromatic rings. The molecule has 0 bridgehead atoms. The molecule has 10 heteroatoms. The maximum absolute atomic E-state index is 12.8. The van der Waals surface area contributed by atoms with Gasteiger partial charge in [-0.3, -0.25) is 14.3 Å². The molecule has 0 radical (unpaired) electrons. The molecule has 2 heterocycles. The molecule has 28 heavy (non-hydrogen) atoms. The Bertz CT molecular complexity index is 991. The van der Waals surface area contributed by atoms with E-state index in [2.05, 4.69) is 9.71 Å². The van der Waals surface area contributed by atoms with Crippen LogP contribution in [0.3, 0.4) is 0 Å². The van der Waals surface area contributed by atoms with Crippen molar-refractivity contribution in [1.82, 2.24) is 14.8 Å². The summed E-state index contributed by atoms with van der Waals surface area (Å²) in [7, 11) is -3.77. The zero-order valence-electron chi connectivity index (χ0n) is 15.9. The maximum atomic E-state index is 12.8. The van der Waals surface area contributed by atoms with Crippen molar-refractivity contribution in [2.75, 3.05) is 30.9 Å². The predicted molar refractivity (Wildman–Crippen MR) is 107 cm³/mol. The van der Waals surface area contributed by atoms with Gasteiger partial charge in [0.25, 0.3) is 15.9 Å². The molecule has 0 saturated carbocycles. The summed E-state index contributed by atoms with van der Waals surface area (Å²) in [4.78, 5) is 32.3. The maximum Gasteiger partial charge on any atom is 0.266 e. The lowest BCUT2D eigenvalue weighted by Gasteiger charge is -2.34. The number of carbonyl (C=O) groups is 2. The highest BCUT2D eigenvalue weighted by Crippen LogP contribution is 2.27. The van der Waals surface area contributed by atoms with Crippen LogP contribution < -0.4 is 4.72 Å². The summed E-state index contributed by atoms with van der Waals surface area (Å²) in [5, 5.41) is 0.156. The highest BCUT2D eigenvalue weighted by Gasteiger charge is 2.27. The number of aromatic nitrogens is 1. The van der Waals surface area contributed by atoms with Gasteiger partial charge in [-0.2, -0.15) is 0 Å². The third kappa shape index (κ3) is 4.33. The topological polar surface area (TPSA) is 99.7 Å². The first-order valence-corrected chi connectivity index (χ1v) is 11.1. The molecule has 1 saturated heterocycles. The van der Waals surface area contributed by atoms with Gasteiger partial charge < -0.3 is 9.80 Å². The first-order valence-electron chi connectivity index (χ1n) is 8.79. The summed E-state index contributed by atoms with van der Waals surface area (Å²) >= 11 is 1.02. The predicted octanol–water partition coefficient (Wildman–Crippen LogP) is 1.87. The SMILES string of the molecule is CC(=O)N1CCN(C(=O)c2sc(NS(=O)(=O)c3ccc(C)cc3)nc2C)CC1. The monoisotopic (exact) mass is 422 g/mol. The Morgan fingerprint density at radius 1 is 1.04 bits per heavy atom. The summed E-state index contributed by atoms with van der Waals surface area (Å²) < 4.78 is 27.5. The first-order chi connectivity index (χ1) is 13.2. The van der Waals surface area contributed by atoms with Gasteiger partial charge in [-0.25, -0.2) is 13.4 Å². The molecule has 1 N–H and O–H groups in total. The van der Waals surface area contributed by atoms with Crippen LogP contribution in [0.4, 0.5) is 5.13 Å². The fourth-order valence-corrected chi connectivity index (χ4v) is 5.07. The minimum absolute atomic E-state index is 0.00568. The van der Waals surface area contributed by atoms with Crippen molar-refractivity contribution in [3.63, 3.8) is 0 Å². The summed E-state index contributed by atoms with van der Waals surface area (Å²) in [6.07, 6.45) is 0. The van der Waals surface area contributed by atoms with E-state index in [1.165, 1.54) is 19.1 Å². The van der Waals surface area contributed by atoms with Crippen molar-refractivity contribution in [3.05, 3.63) is 40.4 Å². The Labute approximate surface area is 168 Å². The lowest BCUT2D eigenvalue weighted by atomic mass is 10.2. The van der Waals surface area contributed by atoms with Crippen LogP contribution in [0.25, 0.3) is 0 Å². The number of piperazine rings is 1. The number of carbonyl (C=O) groups excluding carboxylic acids is 2. The van der Waals surface area contributed by atoms with Gasteiger partial charge in [0, 0.05) is 33.1 Å². The highest BCUT2D eigenvalue weighted by molar-refractivity contribution is 7.93. The smallest absolute Gasteiger partial charge is 0.266 e. The van der Waals surface area contributed by atoms with Crippen molar-refractivity contribution < 1.29 is 18.0 Å². The van der Waals surface area contributed by atoms with Crippen LogP contribution in [-0.2, 0) is 14.8 Å². The molecule has 0 spiro atoms. The molecule has 0 atom stereocenters. The number of sulfonamides is 1. The Balaban J connectivity index is 1.73. The third-order valence-corrected chi connectivity index (χ3v) is 7.10. The molecule has 2 amide bonds. The number of rotatable bonds is 4. The Morgan fingerprint density at radius 3 is 2.18 bits per heavy atom. The minimum atomic E-state index is -3.77. The quantitative estimate of drug-likeness (QED) is 0.811. The van der Waals surface area contributed by atoms with E-state index < -0.39 is 10.0 Å². The van der Waals surface area contributed by atoms with Crippen molar-refractivity contribution in [1.29, 1.82) is 0 Å². The molecule has 1 fully saturated rings. The molecule has 150 valence electrons. The van der Waals surface area contributed by atoms with Crippen LogP contribution in [0, 0.1) is 13.8 Å². The second-order valence-electron chi connectivity index (χ2n) is 6.65. The van der Waals surface area contributed by atoms with Crippen molar-refractivity contribution in [2.45, 2.75) is 25.7 Å². The number of amides is 2. The molecule has 1 aliphatic rings. The van der Waals surface area contributed by atoms with Crippen LogP contribution in [0.2, 0.25) is 0 Å². The molecule has 0 unspecified atom stereocenters. The Hall–Kier alpha value is -2.46. The molecule has 8 nitrogen and oxygen atoms in total. The minimum Gasteiger partial charge on any atom is -0.339 e. The standard InChI is InChI=1S/C18H22N4O4S2/c1-12-4-6-15(7-5-12)28(25,26)20-18-19-13(2)16(27-18)17(24)22-10-8-21(9-11-22)14(3)23/h4-7H,8-11H2,1-3H3,(H,19,20). The molecule has 1 aromatic carbocycles. The van der Waals surface area contributed by atoms with Crippen LogP contribution in [0.5, 0.6) is 0 Å². The normalized spacial score (nSPS) is 14.8. The van der Waals surface area contributed by atoms with Gasteiger partial charge in [0.05, 0.1) is 10.6 Å². The summed E-state index contributed by atoms with van der Waals surface area (Å²) in [5.74, 6) is -0.201. The zero-order chi connectivity index (χ0) is 20.5. The fraction of sp³-hybridized carbons (Fsp3) is 0.389. The van der Waals surface area contributed by atoms with Crippen LogP contribution in [-0.4, -0.2) is 61.2 Å². The van der Waals surface area contributed by atoms with Crippen molar-refractivity contribution >= 4 is 38.3 Å². The van der Waals surface area contributed by atoms with Crippen LogP contribution in [0.1, 0.15) is 27.9 Å². The number of nitrogens with zero attached hydrogens (tertiary/aromatic N) is 3. The molecular formula is C18H22N4O4S2. The van der Waals surface area contributed by atoms with Gasteiger partial charge in [-0.15, -0.1) is 0 Å². The average molecular weight is 423 g/mol. The van der Waals surface area contributed by atoms with E-state index in [1.807, 2.05) is 6.92 Å². The molecule has 3 rings (SSSR count). The number of hydrogen-bond donors (Lipinski definition) is 1. The van der Waals surface area contributed by atoms with Gasteiger partial charge in [0.1, 0.15) is 4.88 Å². The highest BCUT2D eigenvalue weighted by atomic mass is 32.2. The van der Waals surface area contributed by atoms with Gasteiger partial charge in [-0.05, 0) is 26.0 Å². The lowest BCUT2D eigenvalue weighted by molar-refractivity contribution is -0.130. The lowest BCUT2D eigenvalue weighted by Crippen LogP contribution is -2.50. The summed E-state index contributed by atoms with van der Waals surface area (Å²) in [6, 6.07) is 6.49.